The Bertz CT molecular complexity index is 465. The van der Waals surface area contributed by atoms with Gasteiger partial charge in [0.2, 0.25) is 0 Å². The SMILES string of the molecule is CCOc1ccc(C(CCc2ccco2)NN)cc1. The van der Waals surface area contributed by atoms with Gasteiger partial charge in [0, 0.05) is 12.5 Å². The smallest absolute Gasteiger partial charge is 0.119 e. The Balaban J connectivity index is 1.96. The zero-order valence-electron chi connectivity index (χ0n) is 11.1. The Morgan fingerprint density at radius 2 is 2.05 bits per heavy atom. The fraction of sp³-hybridized carbons (Fsp3) is 0.333. The molecule has 0 aliphatic rings. The summed E-state index contributed by atoms with van der Waals surface area (Å²) in [6.07, 6.45) is 3.43. The number of hydrogen-bond donors (Lipinski definition) is 2. The van der Waals surface area contributed by atoms with Crippen LogP contribution in [0.25, 0.3) is 0 Å². The average Bonchev–Trinajstić information content (AvgIpc) is 2.95. The van der Waals surface area contributed by atoms with Crippen molar-refractivity contribution < 1.29 is 9.15 Å². The summed E-state index contributed by atoms with van der Waals surface area (Å²) in [6, 6.07) is 12.0. The minimum Gasteiger partial charge on any atom is -0.494 e. The van der Waals surface area contributed by atoms with Crippen molar-refractivity contribution in [2.75, 3.05) is 6.61 Å². The summed E-state index contributed by atoms with van der Waals surface area (Å²) in [5, 5.41) is 0. The lowest BCUT2D eigenvalue weighted by molar-refractivity contribution is 0.340. The highest BCUT2D eigenvalue weighted by Gasteiger charge is 2.10. The summed E-state index contributed by atoms with van der Waals surface area (Å²) < 4.78 is 10.8. The molecule has 4 heteroatoms. The van der Waals surface area contributed by atoms with Gasteiger partial charge in [-0.15, -0.1) is 0 Å². The van der Waals surface area contributed by atoms with Crippen molar-refractivity contribution in [1.29, 1.82) is 0 Å². The number of nitrogens with two attached hydrogens (primary N) is 1. The van der Waals surface area contributed by atoms with Crippen LogP contribution in [0.5, 0.6) is 5.75 Å². The van der Waals surface area contributed by atoms with Crippen LogP contribution in [0.3, 0.4) is 0 Å². The van der Waals surface area contributed by atoms with E-state index >= 15 is 0 Å². The molecule has 0 spiro atoms. The lowest BCUT2D eigenvalue weighted by Gasteiger charge is -2.16. The van der Waals surface area contributed by atoms with Crippen LogP contribution in [-0.2, 0) is 6.42 Å². The van der Waals surface area contributed by atoms with Crippen molar-refractivity contribution in [3.05, 3.63) is 54.0 Å². The summed E-state index contributed by atoms with van der Waals surface area (Å²) >= 11 is 0. The molecule has 0 fully saturated rings. The van der Waals surface area contributed by atoms with Gasteiger partial charge in [-0.2, -0.15) is 0 Å². The maximum Gasteiger partial charge on any atom is 0.119 e. The third-order valence-electron chi connectivity index (χ3n) is 3.05. The van der Waals surface area contributed by atoms with Gasteiger partial charge in [0.25, 0.3) is 0 Å². The van der Waals surface area contributed by atoms with Gasteiger partial charge in [0.1, 0.15) is 11.5 Å². The van der Waals surface area contributed by atoms with Crippen LogP contribution >= 0.6 is 0 Å². The summed E-state index contributed by atoms with van der Waals surface area (Å²) in [5.74, 6) is 7.49. The minimum atomic E-state index is 0.112. The number of benzene rings is 1. The fourth-order valence-corrected chi connectivity index (χ4v) is 2.05. The molecule has 4 nitrogen and oxygen atoms in total. The molecular weight excluding hydrogens is 240 g/mol. The van der Waals surface area contributed by atoms with Crippen LogP contribution in [0.2, 0.25) is 0 Å². The highest BCUT2D eigenvalue weighted by atomic mass is 16.5. The molecule has 2 rings (SSSR count). The highest BCUT2D eigenvalue weighted by Crippen LogP contribution is 2.21. The van der Waals surface area contributed by atoms with Crippen molar-refractivity contribution in [1.82, 2.24) is 5.43 Å². The molecule has 3 N–H and O–H groups in total. The van der Waals surface area contributed by atoms with E-state index in [9.17, 15) is 0 Å². The Morgan fingerprint density at radius 1 is 1.26 bits per heavy atom. The minimum absolute atomic E-state index is 0.112. The first-order valence-corrected chi connectivity index (χ1v) is 6.54. The van der Waals surface area contributed by atoms with E-state index in [4.69, 9.17) is 15.0 Å². The monoisotopic (exact) mass is 260 g/mol. The van der Waals surface area contributed by atoms with Crippen LogP contribution in [0.4, 0.5) is 0 Å². The maximum atomic E-state index is 5.63. The van der Waals surface area contributed by atoms with Crippen LogP contribution < -0.4 is 16.0 Å². The summed E-state index contributed by atoms with van der Waals surface area (Å²) in [6.45, 7) is 2.65. The third-order valence-corrected chi connectivity index (χ3v) is 3.05. The van der Waals surface area contributed by atoms with Gasteiger partial charge in [-0.3, -0.25) is 11.3 Å². The molecule has 2 aromatic rings. The fourth-order valence-electron chi connectivity index (χ4n) is 2.05. The van der Waals surface area contributed by atoms with Crippen molar-refractivity contribution in [3.8, 4) is 5.75 Å². The van der Waals surface area contributed by atoms with E-state index in [1.165, 1.54) is 0 Å². The van der Waals surface area contributed by atoms with Gasteiger partial charge < -0.3 is 9.15 Å². The highest BCUT2D eigenvalue weighted by molar-refractivity contribution is 5.29. The quantitative estimate of drug-likeness (QED) is 0.593. The molecule has 1 aromatic carbocycles. The second kappa shape index (κ2) is 6.97. The molecule has 0 bridgehead atoms. The summed E-state index contributed by atoms with van der Waals surface area (Å²) in [7, 11) is 0. The largest absolute Gasteiger partial charge is 0.494 e. The van der Waals surface area contributed by atoms with E-state index in [-0.39, 0.29) is 6.04 Å². The number of furan rings is 1. The number of hydrogen-bond acceptors (Lipinski definition) is 4. The molecule has 0 radical (unpaired) electrons. The number of hydrazine groups is 1. The first-order chi connectivity index (χ1) is 9.33. The van der Waals surface area contributed by atoms with Gasteiger partial charge in [-0.05, 0) is 43.2 Å². The topological polar surface area (TPSA) is 60.4 Å². The number of aryl methyl sites for hydroxylation is 1. The lowest BCUT2D eigenvalue weighted by atomic mass is 10.0. The number of rotatable bonds is 7. The van der Waals surface area contributed by atoms with Gasteiger partial charge in [-0.25, -0.2) is 0 Å². The van der Waals surface area contributed by atoms with Crippen LogP contribution in [0.1, 0.15) is 30.7 Å². The van der Waals surface area contributed by atoms with Gasteiger partial charge in [0.15, 0.2) is 0 Å². The van der Waals surface area contributed by atoms with Gasteiger partial charge in [0.05, 0.1) is 12.9 Å². The van der Waals surface area contributed by atoms with E-state index in [0.29, 0.717) is 6.61 Å². The lowest BCUT2D eigenvalue weighted by Crippen LogP contribution is -2.28. The zero-order chi connectivity index (χ0) is 13.5. The second-order valence-corrected chi connectivity index (χ2v) is 4.34. The molecule has 0 amide bonds. The number of ether oxygens (including phenoxy) is 1. The van der Waals surface area contributed by atoms with E-state index in [1.807, 2.05) is 43.3 Å². The molecule has 1 aromatic heterocycles. The van der Waals surface area contributed by atoms with Crippen LogP contribution in [-0.4, -0.2) is 6.61 Å². The molecule has 102 valence electrons. The molecule has 0 aliphatic carbocycles. The summed E-state index contributed by atoms with van der Waals surface area (Å²) in [5.41, 5.74) is 4.00. The molecule has 1 atom stereocenters. The molecular formula is C15H20N2O2. The van der Waals surface area contributed by atoms with Crippen molar-refractivity contribution in [3.63, 3.8) is 0 Å². The van der Waals surface area contributed by atoms with Gasteiger partial charge in [-0.1, -0.05) is 12.1 Å². The van der Waals surface area contributed by atoms with Crippen molar-refractivity contribution >= 4 is 0 Å². The van der Waals surface area contributed by atoms with Crippen molar-refractivity contribution in [2.24, 2.45) is 5.84 Å². The maximum absolute atomic E-state index is 5.63. The zero-order valence-corrected chi connectivity index (χ0v) is 11.1. The van der Waals surface area contributed by atoms with Gasteiger partial charge >= 0.3 is 0 Å². The average molecular weight is 260 g/mol. The van der Waals surface area contributed by atoms with Crippen molar-refractivity contribution in [2.45, 2.75) is 25.8 Å². The molecule has 0 saturated heterocycles. The third kappa shape index (κ3) is 3.84. The predicted molar refractivity (Wildman–Crippen MR) is 74.7 cm³/mol. The molecule has 1 heterocycles. The van der Waals surface area contributed by atoms with Crippen LogP contribution in [0, 0.1) is 0 Å². The van der Waals surface area contributed by atoms with E-state index in [0.717, 1.165) is 29.9 Å². The number of nitrogens with one attached hydrogen (secondary N) is 1. The first kappa shape index (κ1) is 13.6. The summed E-state index contributed by atoms with van der Waals surface area (Å²) in [4.78, 5) is 0. The van der Waals surface area contributed by atoms with E-state index in [1.54, 1.807) is 6.26 Å². The first-order valence-electron chi connectivity index (χ1n) is 6.54. The van der Waals surface area contributed by atoms with E-state index < -0.39 is 0 Å². The predicted octanol–water partition coefficient (Wildman–Crippen LogP) is 2.82. The normalized spacial score (nSPS) is 12.3. The Labute approximate surface area is 113 Å². The Hall–Kier alpha value is -1.78. The molecule has 0 aliphatic heterocycles. The molecule has 1 unspecified atom stereocenters. The van der Waals surface area contributed by atoms with E-state index in [2.05, 4.69) is 5.43 Å². The van der Waals surface area contributed by atoms with Crippen LogP contribution in [0.15, 0.2) is 47.1 Å². The standard InChI is InChI=1S/C15H20N2O2/c1-2-18-14-7-5-12(6-8-14)15(17-16)10-9-13-4-3-11-19-13/h3-8,11,15,17H,2,9-10,16H2,1H3. The molecule has 0 saturated carbocycles. The second-order valence-electron chi connectivity index (χ2n) is 4.34. The Morgan fingerprint density at radius 3 is 2.63 bits per heavy atom. The Kier molecular flexibility index (Phi) is 5.01. The molecule has 19 heavy (non-hydrogen) atoms.